The van der Waals surface area contributed by atoms with Gasteiger partial charge >= 0.3 is 66.4 Å². The number of allylic oxidation sites excluding steroid dienone is 1. The molecule has 459 valence electrons. The number of hydrogen-bond acceptors (Lipinski definition) is 10. The Hall–Kier alpha value is -7.98. The summed E-state index contributed by atoms with van der Waals surface area (Å²) >= 11 is 0. The molecule has 0 N–H and O–H groups in total. The molecule has 2 aliphatic rings. The van der Waals surface area contributed by atoms with E-state index in [0.717, 1.165) is 22.1 Å². The van der Waals surface area contributed by atoms with Crippen LogP contribution in [0, 0.1) is 20.2 Å². The third-order valence-corrected chi connectivity index (χ3v) is 13.8. The molecule has 3 radical (unpaired) electrons. The predicted molar refractivity (Wildman–Crippen MR) is 291 cm³/mol. The number of nitrogens with zero attached hydrogens (tertiary/aromatic N) is 4. The zero-order chi connectivity index (χ0) is 62.8. The van der Waals surface area contributed by atoms with Crippen molar-refractivity contribution < 1.29 is 122 Å². The summed E-state index contributed by atoms with van der Waals surface area (Å²) in [5.74, 6) is 0. The Bertz CT molecular complexity index is 3280. The van der Waals surface area contributed by atoms with Crippen LogP contribution in [-0.2, 0) is 67.9 Å². The SMILES string of the molecule is C[C@@H](OC[C@@]1(c2ccccc2)C=CC([N+](=O)[O-])=CN1C(=O)OCc1ccccc1)c1cc(C(F)(F)F)cc(C(F)(F)F)c1.C[C@@H](OC[C@@]1(c2ccccc2)C=CC([N+](=O)[O-])CN1C(=O)OCc1ccccc1)c1cc(C(F)(F)F)cc(C(F)(F)F)c1.[B].[H-].[Na+]. The van der Waals surface area contributed by atoms with Gasteiger partial charge < -0.3 is 20.4 Å². The van der Waals surface area contributed by atoms with Gasteiger partial charge in [-0.2, -0.15) is 52.7 Å². The summed E-state index contributed by atoms with van der Waals surface area (Å²) in [7, 11) is 0. The van der Waals surface area contributed by atoms with Crippen molar-refractivity contribution >= 4 is 20.6 Å². The summed E-state index contributed by atoms with van der Waals surface area (Å²) in [5.41, 5.74) is -8.38. The van der Waals surface area contributed by atoms with Crippen LogP contribution in [0.25, 0.3) is 0 Å². The summed E-state index contributed by atoms with van der Waals surface area (Å²) in [6.07, 6.45) is -18.8. The molecule has 8 rings (SSSR count). The molecule has 2 aliphatic heterocycles. The second-order valence-electron chi connectivity index (χ2n) is 19.6. The van der Waals surface area contributed by atoms with E-state index < -0.39 is 135 Å². The Labute approximate surface area is 520 Å². The van der Waals surface area contributed by atoms with Crippen molar-refractivity contribution in [2.24, 2.45) is 0 Å². The van der Waals surface area contributed by atoms with Gasteiger partial charge in [-0.3, -0.25) is 30.0 Å². The van der Waals surface area contributed by atoms with E-state index in [1.165, 1.54) is 32.1 Å². The minimum absolute atomic E-state index is 0. The van der Waals surface area contributed by atoms with Gasteiger partial charge in [-0.05, 0) is 102 Å². The maximum absolute atomic E-state index is 13.5. The van der Waals surface area contributed by atoms with Crippen molar-refractivity contribution in [3.05, 3.63) is 270 Å². The van der Waals surface area contributed by atoms with Gasteiger partial charge in [-0.25, -0.2) is 9.59 Å². The zero-order valence-electron chi connectivity index (χ0n) is 47.6. The van der Waals surface area contributed by atoms with Crippen LogP contribution in [0.1, 0.15) is 83.1 Å². The van der Waals surface area contributed by atoms with Crippen LogP contribution in [0.15, 0.2) is 194 Å². The van der Waals surface area contributed by atoms with Crippen molar-refractivity contribution in [1.82, 2.24) is 9.80 Å². The fourth-order valence-electron chi connectivity index (χ4n) is 9.12. The summed E-state index contributed by atoms with van der Waals surface area (Å²) in [5, 5.41) is 23.3. The zero-order valence-corrected chi connectivity index (χ0v) is 48.6. The number of nitro groups is 2. The van der Waals surface area contributed by atoms with Gasteiger partial charge in [0.1, 0.15) is 24.3 Å². The molecule has 1 unspecified atom stereocenters. The molecule has 5 atom stereocenters. The average molecular weight is 1250 g/mol. The third-order valence-electron chi connectivity index (χ3n) is 13.8. The van der Waals surface area contributed by atoms with E-state index in [2.05, 4.69) is 0 Å². The number of benzene rings is 6. The van der Waals surface area contributed by atoms with Gasteiger partial charge in [0.2, 0.25) is 6.04 Å². The monoisotopic (exact) mass is 1250 g/mol. The quantitative estimate of drug-likeness (QED) is 0.0299. The molecule has 2 heterocycles. The van der Waals surface area contributed by atoms with E-state index in [-0.39, 0.29) is 64.7 Å². The molecule has 0 aromatic heterocycles. The molecule has 0 bridgehead atoms. The van der Waals surface area contributed by atoms with Crippen molar-refractivity contribution in [1.29, 1.82) is 0 Å². The molecule has 2 amide bonds. The molecular weight excluding hydrogens is 1200 g/mol. The number of carbonyl (C=O) groups is 2. The standard InChI is InChI=1S/C30H26F6N2O5.C30H24F6N2O5.B.Na.H/c2*1-20(22-14-24(29(31,32)33)16-25(15-22)30(34,35)36)43-19-28(23-10-6-3-7-11-23)13-12-26(38(40)41)17-37(28)27(39)42-18-21-8-4-2-5-9-21;;;/h2-16,20,26H,17-19H2,1H3;2-17,20H,18-19H2,1H3;;;/q;;;+1;-1/t20-,26?,28-;20-,28-;;;/m11.../s1. The Morgan fingerprint density at radius 3 is 1.31 bits per heavy atom. The molecule has 6 aromatic rings. The fourth-order valence-corrected chi connectivity index (χ4v) is 9.12. The molecule has 0 saturated carbocycles. The number of hydrogen-bond donors (Lipinski definition) is 0. The number of carbonyl (C=O) groups excluding carboxylic acids is 2. The summed E-state index contributed by atoms with van der Waals surface area (Å²) < 4.78 is 184. The maximum atomic E-state index is 13.5. The van der Waals surface area contributed by atoms with Gasteiger partial charge in [0.05, 0.1) is 65.3 Å². The number of alkyl halides is 12. The smallest absolute Gasteiger partial charge is 1.00 e. The van der Waals surface area contributed by atoms with E-state index in [0.29, 0.717) is 46.5 Å². The summed E-state index contributed by atoms with van der Waals surface area (Å²) in [4.78, 5) is 51.0. The van der Waals surface area contributed by atoms with Crippen molar-refractivity contribution in [2.75, 3.05) is 19.8 Å². The van der Waals surface area contributed by atoms with Gasteiger partial charge in [-0.1, -0.05) is 121 Å². The predicted octanol–water partition coefficient (Wildman–Crippen LogP) is 12.3. The molecule has 0 saturated heterocycles. The molecule has 88 heavy (non-hydrogen) atoms. The molecule has 6 aromatic carbocycles. The Morgan fingerprint density at radius 2 is 0.932 bits per heavy atom. The first-order chi connectivity index (χ1) is 40.4. The van der Waals surface area contributed by atoms with Crippen LogP contribution in [0.4, 0.5) is 62.3 Å². The first-order valence-corrected chi connectivity index (χ1v) is 25.7. The second-order valence-corrected chi connectivity index (χ2v) is 19.6. The van der Waals surface area contributed by atoms with Gasteiger partial charge in [0, 0.05) is 19.4 Å². The van der Waals surface area contributed by atoms with Crippen LogP contribution in [-0.4, -0.2) is 66.0 Å². The molecule has 0 aliphatic carbocycles. The summed E-state index contributed by atoms with van der Waals surface area (Å²) in [6, 6.07) is 34.5. The van der Waals surface area contributed by atoms with Crippen molar-refractivity contribution in [2.45, 2.75) is 81.1 Å². The first-order valence-electron chi connectivity index (χ1n) is 25.7. The van der Waals surface area contributed by atoms with Crippen molar-refractivity contribution in [3.63, 3.8) is 0 Å². The van der Waals surface area contributed by atoms with Crippen LogP contribution in [0.3, 0.4) is 0 Å². The van der Waals surface area contributed by atoms with Crippen LogP contribution in [0.2, 0.25) is 0 Å². The Balaban J connectivity index is 0.000000368. The van der Waals surface area contributed by atoms with Gasteiger partial charge in [0.15, 0.2) is 0 Å². The average Bonchev–Trinajstić information content (AvgIpc) is 2.64. The number of amides is 2. The summed E-state index contributed by atoms with van der Waals surface area (Å²) in [6.45, 7) is 0.761. The first kappa shape index (κ1) is 70.8. The number of ether oxygens (including phenoxy) is 4. The second kappa shape index (κ2) is 29.4. The van der Waals surface area contributed by atoms with Crippen LogP contribution >= 0.6 is 0 Å². The molecule has 14 nitrogen and oxygen atoms in total. The molecule has 0 fully saturated rings. The molecule has 0 spiro atoms. The number of halogens is 12. The third kappa shape index (κ3) is 17.6. The fraction of sp³-hybridized carbons (Fsp3) is 0.267. The topological polar surface area (TPSA) is 164 Å². The maximum Gasteiger partial charge on any atom is 1.00 e. The van der Waals surface area contributed by atoms with E-state index >= 15 is 0 Å². The Morgan fingerprint density at radius 1 is 0.568 bits per heavy atom. The Kier molecular flexibility index (Phi) is 23.6. The van der Waals surface area contributed by atoms with E-state index in [9.17, 15) is 82.5 Å². The van der Waals surface area contributed by atoms with E-state index in [1.807, 2.05) is 0 Å². The van der Waals surface area contributed by atoms with Crippen molar-refractivity contribution in [3.8, 4) is 0 Å². The van der Waals surface area contributed by atoms with Crippen LogP contribution in [0.5, 0.6) is 0 Å². The largest absolute Gasteiger partial charge is 1.00 e. The molecular formula is C60H51BF12N4NaO10. The number of rotatable bonds is 16. The normalized spacial score (nSPS) is 18.2. The molecule has 28 heteroatoms. The minimum Gasteiger partial charge on any atom is -1.00 e. The van der Waals surface area contributed by atoms with E-state index in [4.69, 9.17) is 18.9 Å². The van der Waals surface area contributed by atoms with Gasteiger partial charge in [-0.15, -0.1) is 0 Å². The van der Waals surface area contributed by atoms with E-state index in [1.54, 1.807) is 121 Å². The van der Waals surface area contributed by atoms with Crippen LogP contribution < -0.4 is 29.6 Å². The van der Waals surface area contributed by atoms with Gasteiger partial charge in [0.25, 0.3) is 5.70 Å². The minimum atomic E-state index is -5.06.